The number of halogens is 1. The van der Waals surface area contributed by atoms with Gasteiger partial charge in [0.2, 0.25) is 0 Å². The van der Waals surface area contributed by atoms with Gasteiger partial charge < -0.3 is 4.74 Å². The Morgan fingerprint density at radius 2 is 1.72 bits per heavy atom. The van der Waals surface area contributed by atoms with Crippen molar-refractivity contribution in [2.75, 3.05) is 7.11 Å². The highest BCUT2D eigenvalue weighted by atomic mass is 32.2. The molecule has 0 saturated carbocycles. The third kappa shape index (κ3) is 4.77. The molecule has 29 heavy (non-hydrogen) atoms. The van der Waals surface area contributed by atoms with E-state index < -0.39 is 10.1 Å². The molecule has 0 spiro atoms. The summed E-state index contributed by atoms with van der Waals surface area (Å²) >= 11 is 0. The Kier molecular flexibility index (Phi) is 5.91. The van der Waals surface area contributed by atoms with Gasteiger partial charge in [-0.25, -0.2) is 4.39 Å². The third-order valence-electron chi connectivity index (χ3n) is 4.24. The van der Waals surface area contributed by atoms with Crippen LogP contribution in [0.4, 0.5) is 4.39 Å². The van der Waals surface area contributed by atoms with Crippen LogP contribution >= 0.6 is 0 Å². The highest BCUT2D eigenvalue weighted by Crippen LogP contribution is 2.27. The minimum Gasteiger partial charge on any atom is -0.495 e. The van der Waals surface area contributed by atoms with Crippen LogP contribution < -0.4 is 4.74 Å². The number of ketones is 1. The summed E-state index contributed by atoms with van der Waals surface area (Å²) in [5.74, 6) is -0.682. The van der Waals surface area contributed by atoms with E-state index in [4.69, 9.17) is 4.74 Å². The summed E-state index contributed by atoms with van der Waals surface area (Å²) in [4.78, 5) is 12.3. The minimum atomic E-state index is -4.48. The van der Waals surface area contributed by atoms with Crippen molar-refractivity contribution in [2.45, 2.75) is 4.90 Å². The fourth-order valence-corrected chi connectivity index (χ4v) is 3.53. The minimum absolute atomic E-state index is 0.00219. The van der Waals surface area contributed by atoms with Crippen molar-refractivity contribution in [3.63, 3.8) is 0 Å². The van der Waals surface area contributed by atoms with Crippen molar-refractivity contribution >= 4 is 22.0 Å². The first-order chi connectivity index (χ1) is 13.8. The van der Waals surface area contributed by atoms with Gasteiger partial charge in [0.25, 0.3) is 10.1 Å². The molecule has 0 amide bonds. The van der Waals surface area contributed by atoms with Crippen LogP contribution in [0.2, 0.25) is 0 Å². The van der Waals surface area contributed by atoms with Crippen molar-refractivity contribution < 1.29 is 26.9 Å². The molecule has 0 aliphatic rings. The molecule has 7 heteroatoms. The Bertz CT molecular complexity index is 1180. The van der Waals surface area contributed by atoms with E-state index in [2.05, 4.69) is 0 Å². The second-order valence-electron chi connectivity index (χ2n) is 6.14. The van der Waals surface area contributed by atoms with Crippen LogP contribution in [0.15, 0.2) is 77.7 Å². The van der Waals surface area contributed by atoms with E-state index in [0.717, 1.165) is 0 Å². The topological polar surface area (TPSA) is 80.7 Å². The molecule has 0 fully saturated rings. The van der Waals surface area contributed by atoms with E-state index in [-0.39, 0.29) is 22.2 Å². The van der Waals surface area contributed by atoms with E-state index in [1.165, 1.54) is 43.5 Å². The van der Waals surface area contributed by atoms with Crippen LogP contribution in [-0.2, 0) is 10.1 Å². The maximum atomic E-state index is 13.2. The molecule has 3 aromatic rings. The zero-order chi connectivity index (χ0) is 21.0. The Balaban J connectivity index is 1.94. The smallest absolute Gasteiger partial charge is 0.298 e. The van der Waals surface area contributed by atoms with Crippen molar-refractivity contribution in [3.8, 4) is 16.9 Å². The van der Waals surface area contributed by atoms with E-state index >= 15 is 0 Å². The Morgan fingerprint density at radius 3 is 2.38 bits per heavy atom. The first kappa shape index (κ1) is 20.4. The molecule has 0 bridgehead atoms. The lowest BCUT2D eigenvalue weighted by atomic mass is 9.96. The van der Waals surface area contributed by atoms with Gasteiger partial charge in [-0.05, 0) is 47.0 Å². The first-order valence-electron chi connectivity index (χ1n) is 8.52. The van der Waals surface area contributed by atoms with Gasteiger partial charge in [0.05, 0.1) is 7.11 Å². The molecule has 5 nitrogen and oxygen atoms in total. The van der Waals surface area contributed by atoms with Gasteiger partial charge >= 0.3 is 0 Å². The van der Waals surface area contributed by atoms with Gasteiger partial charge in [-0.3, -0.25) is 9.35 Å². The van der Waals surface area contributed by atoms with Gasteiger partial charge in [-0.1, -0.05) is 48.5 Å². The molecule has 0 radical (unpaired) electrons. The monoisotopic (exact) mass is 412 g/mol. The van der Waals surface area contributed by atoms with Crippen LogP contribution in [0.3, 0.4) is 0 Å². The lowest BCUT2D eigenvalue weighted by molar-refractivity contribution is 0.104. The number of carbonyl (C=O) groups excluding carboxylic acids is 1. The van der Waals surface area contributed by atoms with Crippen LogP contribution in [0.1, 0.15) is 15.9 Å². The zero-order valence-corrected chi connectivity index (χ0v) is 16.2. The average Bonchev–Trinajstić information content (AvgIpc) is 2.71. The first-order valence-corrected chi connectivity index (χ1v) is 9.96. The molecule has 0 aliphatic carbocycles. The molecule has 0 saturated heterocycles. The van der Waals surface area contributed by atoms with E-state index in [9.17, 15) is 22.2 Å². The highest BCUT2D eigenvalue weighted by Gasteiger charge is 2.17. The number of ether oxygens (including phenoxy) is 1. The van der Waals surface area contributed by atoms with E-state index in [1.807, 2.05) is 0 Å². The predicted octanol–water partition coefficient (Wildman–Crippen LogP) is 4.64. The summed E-state index contributed by atoms with van der Waals surface area (Å²) in [6.45, 7) is 0. The molecule has 0 aromatic heterocycles. The van der Waals surface area contributed by atoms with Crippen LogP contribution in [-0.4, -0.2) is 25.9 Å². The molecule has 1 N–H and O–H groups in total. The van der Waals surface area contributed by atoms with Crippen LogP contribution in [0.5, 0.6) is 5.75 Å². The lowest BCUT2D eigenvalue weighted by Crippen LogP contribution is -2.02. The zero-order valence-electron chi connectivity index (χ0n) is 15.4. The maximum absolute atomic E-state index is 13.2. The molecule has 0 unspecified atom stereocenters. The summed E-state index contributed by atoms with van der Waals surface area (Å²) in [6, 6.07) is 16.9. The average molecular weight is 412 g/mol. The summed E-state index contributed by atoms with van der Waals surface area (Å²) in [6.07, 6.45) is 2.75. The summed E-state index contributed by atoms with van der Waals surface area (Å²) in [5, 5.41) is 0. The number of hydrogen-bond donors (Lipinski definition) is 1. The van der Waals surface area contributed by atoms with Crippen molar-refractivity contribution in [2.24, 2.45) is 0 Å². The Hall–Kier alpha value is -3.29. The molecule has 3 aromatic carbocycles. The molecule has 3 rings (SSSR count). The highest BCUT2D eigenvalue weighted by molar-refractivity contribution is 7.86. The number of benzene rings is 3. The van der Waals surface area contributed by atoms with Gasteiger partial charge in [0.15, 0.2) is 5.78 Å². The Morgan fingerprint density at radius 1 is 1.03 bits per heavy atom. The van der Waals surface area contributed by atoms with Crippen LogP contribution in [0, 0.1) is 5.82 Å². The number of allylic oxidation sites excluding steroid dienone is 1. The molecule has 0 atom stereocenters. The molecule has 0 aliphatic heterocycles. The third-order valence-corrected chi connectivity index (χ3v) is 5.12. The fourth-order valence-electron chi connectivity index (χ4n) is 2.84. The Labute approximate surface area is 167 Å². The van der Waals surface area contributed by atoms with Crippen molar-refractivity contribution in [1.82, 2.24) is 0 Å². The normalized spacial score (nSPS) is 11.6. The standard InChI is InChI=1S/C22H17FO5S/c1-28-21-13-7-15(14-22(21)29(25,26)27)6-12-20(24)19-5-3-2-4-18(19)16-8-10-17(23)11-9-16/h2-14H,1H3,(H,25,26,27)/b12-6+. The number of carbonyl (C=O) groups is 1. The SMILES string of the molecule is COc1ccc(/C=C/C(=O)c2ccccc2-c2ccc(F)cc2)cc1S(=O)(=O)O. The lowest BCUT2D eigenvalue weighted by Gasteiger charge is -2.08. The molecule has 148 valence electrons. The van der Waals surface area contributed by atoms with Crippen LogP contribution in [0.25, 0.3) is 17.2 Å². The van der Waals surface area contributed by atoms with Gasteiger partial charge in [0.1, 0.15) is 16.5 Å². The molecular formula is C22H17FO5S. The second-order valence-corrected chi connectivity index (χ2v) is 7.53. The number of rotatable bonds is 6. The quantitative estimate of drug-likeness (QED) is 0.362. The van der Waals surface area contributed by atoms with Gasteiger partial charge in [-0.15, -0.1) is 0 Å². The molecular weight excluding hydrogens is 395 g/mol. The van der Waals surface area contributed by atoms with Crippen molar-refractivity contribution in [1.29, 1.82) is 0 Å². The second kappa shape index (κ2) is 8.38. The summed E-state index contributed by atoms with van der Waals surface area (Å²) < 4.78 is 50.5. The fraction of sp³-hybridized carbons (Fsp3) is 0.0455. The summed E-state index contributed by atoms with van der Waals surface area (Å²) in [5.41, 5.74) is 2.15. The van der Waals surface area contributed by atoms with Crippen molar-refractivity contribution in [3.05, 3.63) is 89.8 Å². The maximum Gasteiger partial charge on any atom is 0.298 e. The number of methoxy groups -OCH3 is 1. The summed E-state index contributed by atoms with van der Waals surface area (Å²) in [7, 11) is -3.19. The number of hydrogen-bond acceptors (Lipinski definition) is 4. The molecule has 0 heterocycles. The van der Waals surface area contributed by atoms with E-state index in [0.29, 0.717) is 22.3 Å². The van der Waals surface area contributed by atoms with Gasteiger partial charge in [-0.2, -0.15) is 8.42 Å². The largest absolute Gasteiger partial charge is 0.495 e. The van der Waals surface area contributed by atoms with E-state index in [1.54, 1.807) is 42.5 Å². The van der Waals surface area contributed by atoms with Gasteiger partial charge in [0, 0.05) is 5.56 Å². The predicted molar refractivity (Wildman–Crippen MR) is 108 cm³/mol.